The van der Waals surface area contributed by atoms with Crippen LogP contribution in [0.3, 0.4) is 0 Å². The summed E-state index contributed by atoms with van der Waals surface area (Å²) in [5.74, 6) is 0.874. The largest absolute Gasteiger partial charge is 0.486 e. The van der Waals surface area contributed by atoms with Crippen LogP contribution < -0.4 is 10.5 Å². The molecule has 0 amide bonds. The second-order valence-corrected chi connectivity index (χ2v) is 4.02. The van der Waals surface area contributed by atoms with E-state index in [2.05, 4.69) is 12.1 Å². The summed E-state index contributed by atoms with van der Waals surface area (Å²) >= 11 is 0. The zero-order chi connectivity index (χ0) is 12.1. The molecule has 2 nitrogen and oxygen atoms in total. The lowest BCUT2D eigenvalue weighted by molar-refractivity contribution is 0.227. The molecule has 2 N–H and O–H groups in total. The van der Waals surface area contributed by atoms with Gasteiger partial charge < -0.3 is 10.5 Å². The van der Waals surface area contributed by atoms with E-state index >= 15 is 0 Å². The molecule has 2 aromatic rings. The van der Waals surface area contributed by atoms with Crippen molar-refractivity contribution in [2.45, 2.75) is 19.6 Å². The molecule has 88 valence electrons. The first-order valence-electron chi connectivity index (χ1n) is 5.80. The standard InChI is InChI=1S/C15H17NO/c1-12(14-5-3-2-4-6-14)17-15-9-7-13(11-16)8-10-15/h2-10,12H,11,16H2,1H3/t12-/m1/s1. The van der Waals surface area contributed by atoms with Crippen molar-refractivity contribution in [3.05, 3.63) is 65.7 Å². The van der Waals surface area contributed by atoms with Gasteiger partial charge in [0.2, 0.25) is 0 Å². The number of rotatable bonds is 4. The van der Waals surface area contributed by atoms with E-state index in [0.717, 1.165) is 11.3 Å². The average Bonchev–Trinajstić information content (AvgIpc) is 2.40. The van der Waals surface area contributed by atoms with E-state index in [0.29, 0.717) is 6.54 Å². The number of nitrogens with two attached hydrogens (primary N) is 1. The van der Waals surface area contributed by atoms with Crippen LogP contribution in [-0.2, 0) is 6.54 Å². The lowest BCUT2D eigenvalue weighted by Gasteiger charge is -2.15. The Morgan fingerprint density at radius 2 is 1.65 bits per heavy atom. The minimum Gasteiger partial charge on any atom is -0.486 e. The van der Waals surface area contributed by atoms with Crippen LogP contribution >= 0.6 is 0 Å². The third kappa shape index (κ3) is 3.08. The summed E-state index contributed by atoms with van der Waals surface area (Å²) in [6.07, 6.45) is 0.0555. The fraction of sp³-hybridized carbons (Fsp3) is 0.200. The summed E-state index contributed by atoms with van der Waals surface area (Å²) < 4.78 is 5.86. The molecule has 0 aliphatic carbocycles. The van der Waals surface area contributed by atoms with Crippen LogP contribution in [0, 0.1) is 0 Å². The number of hydrogen-bond acceptors (Lipinski definition) is 2. The Bertz CT molecular complexity index is 450. The van der Waals surface area contributed by atoms with Crippen LogP contribution in [0.25, 0.3) is 0 Å². The molecule has 0 radical (unpaired) electrons. The number of benzene rings is 2. The third-order valence-corrected chi connectivity index (χ3v) is 2.74. The first-order valence-corrected chi connectivity index (χ1v) is 5.80. The summed E-state index contributed by atoms with van der Waals surface area (Å²) in [7, 11) is 0. The van der Waals surface area contributed by atoms with Gasteiger partial charge in [-0.25, -0.2) is 0 Å². The molecule has 0 aliphatic heterocycles. The zero-order valence-corrected chi connectivity index (χ0v) is 9.97. The van der Waals surface area contributed by atoms with Crippen LogP contribution in [0.5, 0.6) is 5.75 Å². The van der Waals surface area contributed by atoms with E-state index < -0.39 is 0 Å². The highest BCUT2D eigenvalue weighted by molar-refractivity contribution is 5.28. The molecule has 2 heteroatoms. The molecule has 0 saturated carbocycles. The zero-order valence-electron chi connectivity index (χ0n) is 9.97. The van der Waals surface area contributed by atoms with Crippen molar-refractivity contribution >= 4 is 0 Å². The molecular formula is C15H17NO. The smallest absolute Gasteiger partial charge is 0.121 e. The van der Waals surface area contributed by atoms with Crippen molar-refractivity contribution in [3.63, 3.8) is 0 Å². The van der Waals surface area contributed by atoms with Crippen LogP contribution in [0.1, 0.15) is 24.2 Å². The van der Waals surface area contributed by atoms with E-state index in [1.165, 1.54) is 5.56 Å². The Morgan fingerprint density at radius 1 is 1.00 bits per heavy atom. The predicted molar refractivity (Wildman–Crippen MR) is 69.8 cm³/mol. The molecule has 1 atom stereocenters. The molecule has 0 saturated heterocycles. The van der Waals surface area contributed by atoms with Crippen molar-refractivity contribution in [1.29, 1.82) is 0 Å². The normalized spacial score (nSPS) is 12.1. The fourth-order valence-electron chi connectivity index (χ4n) is 1.70. The Morgan fingerprint density at radius 3 is 2.24 bits per heavy atom. The topological polar surface area (TPSA) is 35.2 Å². The van der Waals surface area contributed by atoms with E-state index in [-0.39, 0.29) is 6.10 Å². The van der Waals surface area contributed by atoms with Gasteiger partial charge in [0.1, 0.15) is 11.9 Å². The Hall–Kier alpha value is -1.80. The second kappa shape index (κ2) is 5.51. The maximum atomic E-state index is 5.86. The van der Waals surface area contributed by atoms with E-state index in [4.69, 9.17) is 10.5 Å². The molecule has 0 unspecified atom stereocenters. The summed E-state index contributed by atoms with van der Waals surface area (Å²) in [5.41, 5.74) is 7.84. The Balaban J connectivity index is 2.05. The van der Waals surface area contributed by atoms with Gasteiger partial charge >= 0.3 is 0 Å². The maximum Gasteiger partial charge on any atom is 0.121 e. The minimum absolute atomic E-state index is 0.0555. The van der Waals surface area contributed by atoms with E-state index in [1.54, 1.807) is 0 Å². The lowest BCUT2D eigenvalue weighted by atomic mass is 10.1. The summed E-state index contributed by atoms with van der Waals surface area (Å²) in [6, 6.07) is 18.1. The number of ether oxygens (including phenoxy) is 1. The van der Waals surface area contributed by atoms with Crippen molar-refractivity contribution in [2.24, 2.45) is 5.73 Å². The molecule has 17 heavy (non-hydrogen) atoms. The summed E-state index contributed by atoms with van der Waals surface area (Å²) in [4.78, 5) is 0. The van der Waals surface area contributed by atoms with Gasteiger partial charge in [-0.15, -0.1) is 0 Å². The first-order chi connectivity index (χ1) is 8.29. The molecular weight excluding hydrogens is 210 g/mol. The summed E-state index contributed by atoms with van der Waals surface area (Å²) in [6.45, 7) is 2.61. The lowest BCUT2D eigenvalue weighted by Crippen LogP contribution is -2.03. The fourth-order valence-corrected chi connectivity index (χ4v) is 1.70. The van der Waals surface area contributed by atoms with Crippen LogP contribution in [-0.4, -0.2) is 0 Å². The minimum atomic E-state index is 0.0555. The first kappa shape index (κ1) is 11.7. The number of hydrogen-bond donors (Lipinski definition) is 1. The van der Waals surface area contributed by atoms with Gasteiger partial charge in [-0.1, -0.05) is 42.5 Å². The van der Waals surface area contributed by atoms with Gasteiger partial charge in [0.05, 0.1) is 0 Å². The summed E-state index contributed by atoms with van der Waals surface area (Å²) in [5, 5.41) is 0. The SMILES string of the molecule is C[C@@H](Oc1ccc(CN)cc1)c1ccccc1. The predicted octanol–water partition coefficient (Wildman–Crippen LogP) is 3.29. The van der Waals surface area contributed by atoms with Gasteiger partial charge in [-0.3, -0.25) is 0 Å². The van der Waals surface area contributed by atoms with Crippen molar-refractivity contribution in [3.8, 4) is 5.75 Å². The van der Waals surface area contributed by atoms with Crippen molar-refractivity contribution in [2.75, 3.05) is 0 Å². The quantitative estimate of drug-likeness (QED) is 0.870. The van der Waals surface area contributed by atoms with Gasteiger partial charge in [0.25, 0.3) is 0 Å². The second-order valence-electron chi connectivity index (χ2n) is 4.02. The highest BCUT2D eigenvalue weighted by Gasteiger charge is 2.05. The Kier molecular flexibility index (Phi) is 3.78. The van der Waals surface area contributed by atoms with Crippen molar-refractivity contribution < 1.29 is 4.74 Å². The van der Waals surface area contributed by atoms with Gasteiger partial charge in [-0.2, -0.15) is 0 Å². The van der Waals surface area contributed by atoms with Gasteiger partial charge in [0.15, 0.2) is 0 Å². The average molecular weight is 227 g/mol. The molecule has 2 aromatic carbocycles. The maximum absolute atomic E-state index is 5.86. The van der Waals surface area contributed by atoms with Crippen LogP contribution in [0.2, 0.25) is 0 Å². The highest BCUT2D eigenvalue weighted by Crippen LogP contribution is 2.21. The van der Waals surface area contributed by atoms with Crippen molar-refractivity contribution in [1.82, 2.24) is 0 Å². The van der Waals surface area contributed by atoms with Gasteiger partial charge in [-0.05, 0) is 30.2 Å². The Labute approximate surface area is 102 Å². The van der Waals surface area contributed by atoms with Crippen LogP contribution in [0.15, 0.2) is 54.6 Å². The molecule has 0 aromatic heterocycles. The van der Waals surface area contributed by atoms with Gasteiger partial charge in [0, 0.05) is 6.54 Å². The molecule has 0 bridgehead atoms. The molecule has 0 fully saturated rings. The molecule has 0 aliphatic rings. The third-order valence-electron chi connectivity index (χ3n) is 2.74. The van der Waals surface area contributed by atoms with E-state index in [9.17, 15) is 0 Å². The molecule has 2 rings (SSSR count). The molecule has 0 spiro atoms. The monoisotopic (exact) mass is 227 g/mol. The van der Waals surface area contributed by atoms with E-state index in [1.807, 2.05) is 49.4 Å². The van der Waals surface area contributed by atoms with Crippen LogP contribution in [0.4, 0.5) is 0 Å². The highest BCUT2D eigenvalue weighted by atomic mass is 16.5. The molecule has 0 heterocycles.